The Kier molecular flexibility index (Phi) is 7.10. The molecule has 2 fully saturated rings. The van der Waals surface area contributed by atoms with Crippen molar-refractivity contribution in [2.24, 2.45) is 17.3 Å². The summed E-state index contributed by atoms with van der Waals surface area (Å²) in [6.07, 6.45) is 8.70. The molecule has 32 heavy (non-hydrogen) atoms. The van der Waals surface area contributed by atoms with E-state index in [4.69, 9.17) is 0 Å². The molecule has 1 N–H and O–H groups in total. The van der Waals surface area contributed by atoms with Crippen LogP contribution in [-0.4, -0.2) is 29.9 Å². The monoisotopic (exact) mass is 434 g/mol. The summed E-state index contributed by atoms with van der Waals surface area (Å²) in [7, 11) is 0. The average molecular weight is 435 g/mol. The predicted octanol–water partition coefficient (Wildman–Crippen LogP) is 5.67. The average Bonchev–Trinajstić information content (AvgIpc) is 3.21. The van der Waals surface area contributed by atoms with Gasteiger partial charge in [0.05, 0.1) is 0 Å². The van der Waals surface area contributed by atoms with E-state index in [0.29, 0.717) is 24.4 Å². The molecule has 2 aromatic rings. The Balaban J connectivity index is 1.28. The van der Waals surface area contributed by atoms with E-state index in [2.05, 4.69) is 66.5 Å². The molecule has 2 aliphatic rings. The van der Waals surface area contributed by atoms with Crippen LogP contribution in [0.2, 0.25) is 0 Å². The lowest BCUT2D eigenvalue weighted by Gasteiger charge is -2.39. The van der Waals surface area contributed by atoms with E-state index in [9.17, 15) is 9.18 Å². The van der Waals surface area contributed by atoms with Gasteiger partial charge in [-0.15, -0.1) is 0 Å². The second-order valence-corrected chi connectivity index (χ2v) is 9.96. The summed E-state index contributed by atoms with van der Waals surface area (Å²) < 4.78 is 13.4. The van der Waals surface area contributed by atoms with Crippen molar-refractivity contribution in [3.8, 4) is 0 Å². The number of allylic oxidation sites excluding steroid dienone is 1. The fraction of sp³-hybridized carbons (Fsp3) is 0.464. The molecule has 170 valence electrons. The van der Waals surface area contributed by atoms with Gasteiger partial charge in [-0.25, -0.2) is 4.39 Å². The van der Waals surface area contributed by atoms with Gasteiger partial charge in [-0.1, -0.05) is 68.5 Å². The van der Waals surface area contributed by atoms with Gasteiger partial charge in [0.25, 0.3) is 0 Å². The van der Waals surface area contributed by atoms with E-state index < -0.39 is 0 Å². The lowest BCUT2D eigenvalue weighted by atomic mass is 9.84. The van der Waals surface area contributed by atoms with Gasteiger partial charge in [0.1, 0.15) is 5.82 Å². The van der Waals surface area contributed by atoms with Crippen LogP contribution in [0.25, 0.3) is 6.08 Å². The first-order chi connectivity index (χ1) is 15.4. The number of benzene rings is 2. The molecule has 1 aliphatic carbocycles. The van der Waals surface area contributed by atoms with Gasteiger partial charge in [0, 0.05) is 24.5 Å². The third-order valence-electron chi connectivity index (χ3n) is 7.46. The van der Waals surface area contributed by atoms with Gasteiger partial charge < -0.3 is 10.2 Å². The summed E-state index contributed by atoms with van der Waals surface area (Å²) in [5.41, 5.74) is 1.72. The molecule has 1 amide bonds. The number of rotatable bonds is 6. The van der Waals surface area contributed by atoms with Gasteiger partial charge in [-0.2, -0.15) is 0 Å². The molecular formula is C28H35FN2O. The van der Waals surface area contributed by atoms with Crippen LogP contribution in [0.3, 0.4) is 0 Å². The Morgan fingerprint density at radius 2 is 2.00 bits per heavy atom. The maximum atomic E-state index is 13.4. The van der Waals surface area contributed by atoms with Crippen LogP contribution in [0.15, 0.2) is 60.7 Å². The molecule has 1 aliphatic heterocycles. The van der Waals surface area contributed by atoms with Crippen molar-refractivity contribution in [3.63, 3.8) is 0 Å². The molecule has 0 aromatic heterocycles. The standard InChI is InChI=1S/C28H35FN2O/c1-21-20-31(16-14-24(21)12-11-22-7-4-3-5-8-22)26-13-15-28(2,18-26)27(32)30-19-23-9-6-10-25(29)17-23/h3-12,17,21,24,26H,13-16,18-20H2,1-2H3,(H,30,32)/b12-11-/t21-,24+,26?,28?/m0/s1. The topological polar surface area (TPSA) is 32.3 Å². The Hall–Kier alpha value is -2.46. The van der Waals surface area contributed by atoms with Gasteiger partial charge in [-0.3, -0.25) is 4.79 Å². The van der Waals surface area contributed by atoms with E-state index in [1.54, 1.807) is 6.07 Å². The quantitative estimate of drug-likeness (QED) is 0.635. The minimum atomic E-state index is -0.342. The van der Waals surface area contributed by atoms with Crippen LogP contribution < -0.4 is 5.32 Å². The van der Waals surface area contributed by atoms with Crippen molar-refractivity contribution in [3.05, 3.63) is 77.6 Å². The molecule has 4 heteroatoms. The SMILES string of the molecule is C[C@H]1CN(C2CCC(C)(C(=O)NCc3cccc(F)c3)C2)CC[C@H]1/C=C\c1ccccc1. The third kappa shape index (κ3) is 5.47. The number of carbonyl (C=O) groups excluding carboxylic acids is 1. The summed E-state index contributed by atoms with van der Waals surface area (Å²) in [6, 6.07) is 17.4. The fourth-order valence-electron chi connectivity index (χ4n) is 5.38. The van der Waals surface area contributed by atoms with E-state index in [-0.39, 0.29) is 17.1 Å². The number of piperidine rings is 1. The minimum absolute atomic E-state index is 0.0954. The van der Waals surface area contributed by atoms with E-state index in [1.807, 2.05) is 6.07 Å². The third-order valence-corrected chi connectivity index (χ3v) is 7.46. The van der Waals surface area contributed by atoms with Crippen molar-refractivity contribution >= 4 is 12.0 Å². The number of carbonyl (C=O) groups is 1. The predicted molar refractivity (Wildman–Crippen MR) is 128 cm³/mol. The van der Waals surface area contributed by atoms with E-state index in [0.717, 1.165) is 37.9 Å². The lowest BCUT2D eigenvalue weighted by molar-refractivity contribution is -0.130. The Morgan fingerprint density at radius 1 is 1.19 bits per heavy atom. The number of hydrogen-bond acceptors (Lipinski definition) is 2. The summed E-state index contributed by atoms with van der Waals surface area (Å²) in [5.74, 6) is 1.05. The van der Waals surface area contributed by atoms with Crippen LogP contribution in [0.4, 0.5) is 4.39 Å². The number of nitrogens with one attached hydrogen (secondary N) is 1. The zero-order valence-electron chi connectivity index (χ0n) is 19.3. The van der Waals surface area contributed by atoms with Crippen LogP contribution in [-0.2, 0) is 11.3 Å². The molecule has 0 spiro atoms. The normalized spacial score (nSPS) is 28.8. The molecule has 1 saturated carbocycles. The number of hydrogen-bond donors (Lipinski definition) is 1. The molecule has 0 bridgehead atoms. The Morgan fingerprint density at radius 3 is 2.75 bits per heavy atom. The molecule has 4 rings (SSSR count). The van der Waals surface area contributed by atoms with Gasteiger partial charge >= 0.3 is 0 Å². The first kappa shape index (κ1) is 22.7. The van der Waals surface area contributed by atoms with Crippen LogP contribution >= 0.6 is 0 Å². The molecule has 2 unspecified atom stereocenters. The number of halogens is 1. The highest BCUT2D eigenvalue weighted by Gasteiger charge is 2.44. The van der Waals surface area contributed by atoms with Crippen molar-refractivity contribution in [2.75, 3.05) is 13.1 Å². The highest BCUT2D eigenvalue weighted by atomic mass is 19.1. The van der Waals surface area contributed by atoms with Crippen LogP contribution in [0.1, 0.15) is 50.7 Å². The highest BCUT2D eigenvalue weighted by Crippen LogP contribution is 2.42. The smallest absolute Gasteiger partial charge is 0.226 e. The van der Waals surface area contributed by atoms with Crippen LogP contribution in [0, 0.1) is 23.1 Å². The Labute approximate surface area is 191 Å². The van der Waals surface area contributed by atoms with Crippen molar-refractivity contribution in [2.45, 2.75) is 52.1 Å². The van der Waals surface area contributed by atoms with Crippen molar-refractivity contribution in [1.29, 1.82) is 0 Å². The molecule has 0 radical (unpaired) electrons. The summed E-state index contributed by atoms with van der Waals surface area (Å²) in [5, 5.41) is 3.05. The maximum Gasteiger partial charge on any atom is 0.226 e. The second-order valence-electron chi connectivity index (χ2n) is 9.96. The maximum absolute atomic E-state index is 13.4. The van der Waals surface area contributed by atoms with Gasteiger partial charge in [-0.05, 0) is 67.3 Å². The Bertz CT molecular complexity index is 943. The second kappa shape index (κ2) is 9.99. The number of nitrogens with zero attached hydrogens (tertiary/aromatic N) is 1. The minimum Gasteiger partial charge on any atom is -0.352 e. The van der Waals surface area contributed by atoms with Crippen molar-refractivity contribution in [1.82, 2.24) is 10.2 Å². The molecule has 3 nitrogen and oxygen atoms in total. The molecular weight excluding hydrogens is 399 g/mol. The van der Waals surface area contributed by atoms with Gasteiger partial charge in [0.15, 0.2) is 0 Å². The highest BCUT2D eigenvalue weighted by molar-refractivity contribution is 5.82. The number of amides is 1. The first-order valence-corrected chi connectivity index (χ1v) is 11.9. The summed E-state index contributed by atoms with van der Waals surface area (Å²) in [4.78, 5) is 15.6. The molecule has 1 heterocycles. The van der Waals surface area contributed by atoms with E-state index in [1.165, 1.54) is 24.1 Å². The molecule has 2 aromatic carbocycles. The summed E-state index contributed by atoms with van der Waals surface area (Å²) >= 11 is 0. The van der Waals surface area contributed by atoms with Crippen LogP contribution in [0.5, 0.6) is 0 Å². The van der Waals surface area contributed by atoms with Crippen molar-refractivity contribution < 1.29 is 9.18 Å². The zero-order chi connectivity index (χ0) is 22.6. The molecule has 1 saturated heterocycles. The number of likely N-dealkylation sites (tertiary alicyclic amines) is 1. The largest absolute Gasteiger partial charge is 0.352 e. The first-order valence-electron chi connectivity index (χ1n) is 11.9. The fourth-order valence-corrected chi connectivity index (χ4v) is 5.38. The molecule has 4 atom stereocenters. The summed E-state index contributed by atoms with van der Waals surface area (Å²) in [6.45, 7) is 7.01. The lowest BCUT2D eigenvalue weighted by Crippen LogP contribution is -2.45. The van der Waals surface area contributed by atoms with E-state index >= 15 is 0 Å². The van der Waals surface area contributed by atoms with Gasteiger partial charge in [0.2, 0.25) is 5.91 Å². The zero-order valence-corrected chi connectivity index (χ0v) is 19.3.